The Morgan fingerprint density at radius 2 is 2.16 bits per heavy atom. The minimum absolute atomic E-state index is 0.306. The molecule has 1 aromatic rings. The van der Waals surface area contributed by atoms with Gasteiger partial charge in [-0.1, -0.05) is 31.5 Å². The summed E-state index contributed by atoms with van der Waals surface area (Å²) in [6.07, 6.45) is 1.69. The van der Waals surface area contributed by atoms with Crippen molar-refractivity contribution in [3.05, 3.63) is 29.8 Å². The number of benzene rings is 1. The molecular weight excluding hydrogens is 244 g/mol. The van der Waals surface area contributed by atoms with Gasteiger partial charge in [0.05, 0.1) is 6.04 Å². The fraction of sp³-hybridized carbons (Fsp3) is 0.429. The van der Waals surface area contributed by atoms with Gasteiger partial charge >= 0.3 is 5.97 Å². The largest absolute Gasteiger partial charge is 0.480 e. The first-order chi connectivity index (χ1) is 9.06. The quantitative estimate of drug-likeness (QED) is 0.852. The van der Waals surface area contributed by atoms with E-state index in [9.17, 15) is 14.7 Å². The van der Waals surface area contributed by atoms with Gasteiger partial charge in [0.2, 0.25) is 5.91 Å². The summed E-state index contributed by atoms with van der Waals surface area (Å²) in [6, 6.07) is 5.79. The third-order valence-electron chi connectivity index (χ3n) is 3.42. The molecule has 1 amide bonds. The van der Waals surface area contributed by atoms with Crippen molar-refractivity contribution < 1.29 is 14.7 Å². The maximum atomic E-state index is 12.4. The highest BCUT2D eigenvalue weighted by molar-refractivity contribution is 6.04. The summed E-state index contributed by atoms with van der Waals surface area (Å²) in [6.45, 7) is 1.94. The third kappa shape index (κ3) is 2.46. The number of carbonyl (C=O) groups excluding carboxylic acids is 1. The molecule has 2 atom stereocenters. The summed E-state index contributed by atoms with van der Waals surface area (Å²) >= 11 is 0. The first-order valence-electron chi connectivity index (χ1n) is 6.45. The highest BCUT2D eigenvalue weighted by atomic mass is 16.4. The Balaban J connectivity index is 2.34. The molecule has 0 aliphatic carbocycles. The van der Waals surface area contributed by atoms with Crippen molar-refractivity contribution in [3.8, 4) is 0 Å². The van der Waals surface area contributed by atoms with Crippen molar-refractivity contribution in [1.82, 2.24) is 0 Å². The van der Waals surface area contributed by atoms with E-state index in [1.165, 1.54) is 4.90 Å². The minimum atomic E-state index is -0.992. The summed E-state index contributed by atoms with van der Waals surface area (Å²) < 4.78 is 0. The van der Waals surface area contributed by atoms with E-state index in [1.54, 1.807) is 12.1 Å². The van der Waals surface area contributed by atoms with Gasteiger partial charge in [-0.15, -0.1) is 0 Å². The van der Waals surface area contributed by atoms with Gasteiger partial charge in [0, 0.05) is 12.1 Å². The van der Waals surface area contributed by atoms with Crippen molar-refractivity contribution in [2.24, 2.45) is 5.73 Å². The Morgan fingerprint density at radius 3 is 2.79 bits per heavy atom. The molecule has 2 rings (SSSR count). The van der Waals surface area contributed by atoms with E-state index >= 15 is 0 Å². The van der Waals surface area contributed by atoms with E-state index in [2.05, 4.69) is 0 Å². The Kier molecular flexibility index (Phi) is 3.85. The number of carbonyl (C=O) groups is 2. The van der Waals surface area contributed by atoms with E-state index in [-0.39, 0.29) is 5.91 Å². The molecule has 0 saturated carbocycles. The molecule has 19 heavy (non-hydrogen) atoms. The van der Waals surface area contributed by atoms with Crippen molar-refractivity contribution in [2.45, 2.75) is 38.3 Å². The molecule has 1 aromatic carbocycles. The molecule has 5 heteroatoms. The summed E-state index contributed by atoms with van der Waals surface area (Å²) in [4.78, 5) is 25.0. The fourth-order valence-corrected chi connectivity index (χ4v) is 2.47. The SMILES string of the molecule is CCC[C@H](N)C(=O)N1c2ccccc2C[C@H]1C(=O)O. The summed E-state index contributed by atoms with van der Waals surface area (Å²) in [5, 5.41) is 9.28. The average Bonchev–Trinajstić information content (AvgIpc) is 2.77. The van der Waals surface area contributed by atoms with Crippen LogP contribution < -0.4 is 10.6 Å². The first kappa shape index (κ1) is 13.5. The second-order valence-electron chi connectivity index (χ2n) is 4.79. The highest BCUT2D eigenvalue weighted by Gasteiger charge is 2.39. The smallest absolute Gasteiger partial charge is 0.327 e. The Hall–Kier alpha value is -1.88. The summed E-state index contributed by atoms with van der Waals surface area (Å²) in [5.41, 5.74) is 7.40. The molecule has 0 aromatic heterocycles. The van der Waals surface area contributed by atoms with Gasteiger partial charge < -0.3 is 10.8 Å². The molecule has 0 bridgehead atoms. The van der Waals surface area contributed by atoms with Crippen LogP contribution in [0.25, 0.3) is 0 Å². The monoisotopic (exact) mass is 262 g/mol. The minimum Gasteiger partial charge on any atom is -0.480 e. The van der Waals surface area contributed by atoms with E-state index in [0.717, 1.165) is 12.0 Å². The molecule has 1 heterocycles. The predicted octanol–water partition coefficient (Wildman–Crippen LogP) is 1.16. The van der Waals surface area contributed by atoms with Crippen molar-refractivity contribution in [1.29, 1.82) is 0 Å². The fourth-order valence-electron chi connectivity index (χ4n) is 2.47. The van der Waals surface area contributed by atoms with E-state index in [4.69, 9.17) is 5.73 Å². The zero-order valence-electron chi connectivity index (χ0n) is 10.9. The van der Waals surface area contributed by atoms with Crippen LogP contribution >= 0.6 is 0 Å². The number of para-hydroxylation sites is 1. The highest BCUT2D eigenvalue weighted by Crippen LogP contribution is 2.32. The lowest BCUT2D eigenvalue weighted by Gasteiger charge is -2.25. The molecule has 0 radical (unpaired) electrons. The van der Waals surface area contributed by atoms with Crippen molar-refractivity contribution >= 4 is 17.6 Å². The van der Waals surface area contributed by atoms with Crippen LogP contribution in [-0.4, -0.2) is 29.1 Å². The van der Waals surface area contributed by atoms with E-state index < -0.39 is 18.1 Å². The number of carboxylic acid groups (broad SMARTS) is 1. The van der Waals surface area contributed by atoms with Gasteiger partial charge in [-0.3, -0.25) is 9.69 Å². The van der Waals surface area contributed by atoms with Crippen LogP contribution in [0.4, 0.5) is 5.69 Å². The lowest BCUT2D eigenvalue weighted by Crippen LogP contribution is -2.50. The Morgan fingerprint density at radius 1 is 1.47 bits per heavy atom. The van der Waals surface area contributed by atoms with Crippen LogP contribution in [0.3, 0.4) is 0 Å². The lowest BCUT2D eigenvalue weighted by molar-refractivity contribution is -0.140. The van der Waals surface area contributed by atoms with Crippen LogP contribution in [0.1, 0.15) is 25.3 Å². The molecule has 5 nitrogen and oxygen atoms in total. The number of hydrogen-bond acceptors (Lipinski definition) is 3. The van der Waals surface area contributed by atoms with Crippen molar-refractivity contribution in [2.75, 3.05) is 4.90 Å². The number of amides is 1. The number of fused-ring (bicyclic) bond motifs is 1. The molecule has 102 valence electrons. The molecule has 0 fully saturated rings. The molecule has 0 unspecified atom stereocenters. The first-order valence-corrected chi connectivity index (χ1v) is 6.45. The normalized spacial score (nSPS) is 19.1. The molecule has 3 N–H and O–H groups in total. The zero-order valence-corrected chi connectivity index (χ0v) is 10.9. The number of carboxylic acids is 1. The number of aliphatic carboxylic acids is 1. The molecule has 0 spiro atoms. The van der Waals surface area contributed by atoms with Crippen LogP contribution in [0.5, 0.6) is 0 Å². The van der Waals surface area contributed by atoms with Gasteiger partial charge in [0.15, 0.2) is 0 Å². The zero-order chi connectivity index (χ0) is 14.0. The number of anilines is 1. The maximum absolute atomic E-state index is 12.4. The van der Waals surface area contributed by atoms with Gasteiger partial charge in [-0.25, -0.2) is 4.79 Å². The van der Waals surface area contributed by atoms with Gasteiger partial charge in [0.1, 0.15) is 6.04 Å². The molecule has 1 aliphatic heterocycles. The Labute approximate surface area is 112 Å². The van der Waals surface area contributed by atoms with Crippen LogP contribution in [0.2, 0.25) is 0 Å². The summed E-state index contributed by atoms with van der Waals surface area (Å²) in [7, 11) is 0. The van der Waals surface area contributed by atoms with E-state index in [1.807, 2.05) is 19.1 Å². The lowest BCUT2D eigenvalue weighted by atomic mass is 10.1. The molecule has 0 saturated heterocycles. The number of hydrogen-bond donors (Lipinski definition) is 2. The predicted molar refractivity (Wildman–Crippen MR) is 71.9 cm³/mol. The second-order valence-corrected chi connectivity index (χ2v) is 4.79. The number of rotatable bonds is 4. The van der Waals surface area contributed by atoms with Gasteiger partial charge in [0.25, 0.3) is 0 Å². The Bertz CT molecular complexity index is 501. The van der Waals surface area contributed by atoms with Crippen LogP contribution in [-0.2, 0) is 16.0 Å². The number of nitrogens with zero attached hydrogens (tertiary/aromatic N) is 1. The third-order valence-corrected chi connectivity index (χ3v) is 3.42. The van der Waals surface area contributed by atoms with Crippen molar-refractivity contribution in [3.63, 3.8) is 0 Å². The van der Waals surface area contributed by atoms with E-state index in [0.29, 0.717) is 18.5 Å². The standard InChI is InChI=1S/C14H18N2O3/c1-2-5-10(15)13(17)16-11-7-4-3-6-9(11)8-12(16)14(18)19/h3-4,6-7,10,12H,2,5,8,15H2,1H3,(H,18,19)/t10-,12-/m0/s1. The molecule has 1 aliphatic rings. The van der Waals surface area contributed by atoms with Crippen LogP contribution in [0.15, 0.2) is 24.3 Å². The molecular formula is C14H18N2O3. The van der Waals surface area contributed by atoms with Gasteiger partial charge in [-0.2, -0.15) is 0 Å². The maximum Gasteiger partial charge on any atom is 0.327 e. The van der Waals surface area contributed by atoms with Crippen LogP contribution in [0, 0.1) is 0 Å². The topological polar surface area (TPSA) is 83.6 Å². The van der Waals surface area contributed by atoms with Gasteiger partial charge in [-0.05, 0) is 18.1 Å². The average molecular weight is 262 g/mol. The second kappa shape index (κ2) is 5.40. The summed E-state index contributed by atoms with van der Waals surface area (Å²) in [5.74, 6) is -1.30. The number of nitrogens with two attached hydrogens (primary N) is 1.